The zero-order chi connectivity index (χ0) is 17.7. The number of hydrogen-bond acceptors (Lipinski definition) is 6. The summed E-state index contributed by atoms with van der Waals surface area (Å²) in [7, 11) is 3.20. The van der Waals surface area contributed by atoms with Crippen molar-refractivity contribution in [3.63, 3.8) is 0 Å². The molecule has 0 aliphatic heterocycles. The number of nitrogens with one attached hydrogen (secondary N) is 1. The Morgan fingerprint density at radius 2 is 1.88 bits per heavy atom. The van der Waals surface area contributed by atoms with Gasteiger partial charge >= 0.3 is 5.97 Å². The van der Waals surface area contributed by atoms with Crippen LogP contribution in [-0.4, -0.2) is 41.8 Å². The van der Waals surface area contributed by atoms with Crippen molar-refractivity contribution < 1.29 is 19.4 Å². The van der Waals surface area contributed by atoms with E-state index < -0.39 is 5.97 Å². The highest BCUT2D eigenvalue weighted by molar-refractivity contribution is 5.84. The van der Waals surface area contributed by atoms with Gasteiger partial charge in [0.25, 0.3) is 0 Å². The minimum atomic E-state index is -1.10. The van der Waals surface area contributed by atoms with Crippen molar-refractivity contribution in [2.75, 3.05) is 26.1 Å². The Labute approximate surface area is 140 Å². The van der Waals surface area contributed by atoms with E-state index >= 15 is 0 Å². The smallest absolute Gasteiger partial charge is 0.356 e. The van der Waals surface area contributed by atoms with E-state index in [2.05, 4.69) is 29.1 Å². The Hall–Kier alpha value is -2.83. The predicted octanol–water partition coefficient (Wildman–Crippen LogP) is 2.58. The number of rotatable bonds is 7. The maximum absolute atomic E-state index is 10.8. The summed E-state index contributed by atoms with van der Waals surface area (Å²) in [6.45, 7) is 4.75. The van der Waals surface area contributed by atoms with Crippen LogP contribution >= 0.6 is 0 Å². The van der Waals surface area contributed by atoms with Gasteiger partial charge in [-0.3, -0.25) is 0 Å². The summed E-state index contributed by atoms with van der Waals surface area (Å²) in [4.78, 5) is 18.7. The number of ether oxygens (including phenoxy) is 2. The van der Waals surface area contributed by atoms with Gasteiger partial charge in [0, 0.05) is 12.0 Å². The van der Waals surface area contributed by atoms with Crippen LogP contribution in [0.5, 0.6) is 11.5 Å². The van der Waals surface area contributed by atoms with Crippen LogP contribution in [0.15, 0.2) is 30.6 Å². The molecule has 0 spiro atoms. The number of nitrogens with zero attached hydrogens (tertiary/aromatic N) is 2. The molecule has 0 fully saturated rings. The van der Waals surface area contributed by atoms with Crippen LogP contribution in [-0.2, 0) is 5.41 Å². The summed E-state index contributed by atoms with van der Waals surface area (Å²) in [6.07, 6.45) is 2.64. The number of methoxy groups -OCH3 is 2. The van der Waals surface area contributed by atoms with E-state index in [0.29, 0.717) is 23.9 Å². The fourth-order valence-electron chi connectivity index (χ4n) is 2.20. The van der Waals surface area contributed by atoms with E-state index in [-0.39, 0.29) is 11.1 Å². The highest BCUT2D eigenvalue weighted by atomic mass is 16.5. The molecule has 0 atom stereocenters. The van der Waals surface area contributed by atoms with Crippen LogP contribution in [0, 0.1) is 0 Å². The average Bonchev–Trinajstić information content (AvgIpc) is 2.59. The minimum absolute atomic E-state index is 0.0836. The van der Waals surface area contributed by atoms with Gasteiger partial charge in [-0.25, -0.2) is 14.8 Å². The molecular weight excluding hydrogens is 310 g/mol. The van der Waals surface area contributed by atoms with E-state index in [1.54, 1.807) is 14.2 Å². The van der Waals surface area contributed by atoms with Gasteiger partial charge in [0.15, 0.2) is 17.2 Å². The van der Waals surface area contributed by atoms with Crippen molar-refractivity contribution in [1.82, 2.24) is 9.97 Å². The lowest BCUT2D eigenvalue weighted by molar-refractivity contribution is 0.0690. The number of benzene rings is 1. The summed E-state index contributed by atoms with van der Waals surface area (Å²) in [5.74, 6) is 0.780. The summed E-state index contributed by atoms with van der Waals surface area (Å²) in [6, 6.07) is 5.80. The quantitative estimate of drug-likeness (QED) is 0.805. The molecule has 2 aromatic rings. The molecule has 0 amide bonds. The number of carboxylic acids is 1. The third-order valence-electron chi connectivity index (χ3n) is 3.75. The molecule has 0 bridgehead atoms. The van der Waals surface area contributed by atoms with Crippen molar-refractivity contribution in [1.29, 1.82) is 0 Å². The van der Waals surface area contributed by atoms with Crippen LogP contribution in [0.25, 0.3) is 0 Å². The van der Waals surface area contributed by atoms with Gasteiger partial charge in [-0.15, -0.1) is 0 Å². The molecule has 7 heteroatoms. The normalized spacial score (nSPS) is 11.0. The lowest BCUT2D eigenvalue weighted by atomic mass is 9.84. The summed E-state index contributed by atoms with van der Waals surface area (Å²) in [5.41, 5.74) is 0.773. The van der Waals surface area contributed by atoms with Gasteiger partial charge in [-0.2, -0.15) is 0 Å². The predicted molar refractivity (Wildman–Crippen MR) is 90.1 cm³/mol. The molecule has 2 rings (SSSR count). The Bertz CT molecular complexity index is 714. The van der Waals surface area contributed by atoms with E-state index in [1.165, 1.54) is 12.4 Å². The van der Waals surface area contributed by atoms with Crippen molar-refractivity contribution >= 4 is 11.8 Å². The van der Waals surface area contributed by atoms with Gasteiger partial charge in [0.1, 0.15) is 5.82 Å². The molecule has 0 saturated carbocycles. The first kappa shape index (κ1) is 17.5. The van der Waals surface area contributed by atoms with Gasteiger partial charge in [-0.1, -0.05) is 19.9 Å². The largest absolute Gasteiger partial charge is 0.493 e. The summed E-state index contributed by atoms with van der Waals surface area (Å²) < 4.78 is 10.6. The van der Waals surface area contributed by atoms with Crippen LogP contribution in [0.1, 0.15) is 29.9 Å². The van der Waals surface area contributed by atoms with Gasteiger partial charge in [0.2, 0.25) is 0 Å². The van der Waals surface area contributed by atoms with E-state index in [9.17, 15) is 4.79 Å². The monoisotopic (exact) mass is 331 g/mol. The molecule has 0 aliphatic carbocycles. The second-order valence-corrected chi connectivity index (χ2v) is 5.90. The minimum Gasteiger partial charge on any atom is -0.493 e. The number of hydrogen-bond donors (Lipinski definition) is 2. The lowest BCUT2D eigenvalue weighted by Crippen LogP contribution is -2.28. The zero-order valence-electron chi connectivity index (χ0n) is 14.2. The number of carbonyl (C=O) groups is 1. The van der Waals surface area contributed by atoms with E-state index in [1.807, 2.05) is 18.2 Å². The molecule has 128 valence electrons. The highest BCUT2D eigenvalue weighted by Crippen LogP contribution is 2.33. The maximum atomic E-state index is 10.8. The fourth-order valence-corrected chi connectivity index (χ4v) is 2.20. The molecule has 24 heavy (non-hydrogen) atoms. The number of aromatic nitrogens is 2. The molecule has 0 radical (unpaired) electrons. The Morgan fingerprint density at radius 3 is 2.42 bits per heavy atom. The highest BCUT2D eigenvalue weighted by Gasteiger charge is 2.22. The van der Waals surface area contributed by atoms with Gasteiger partial charge in [0.05, 0.1) is 26.6 Å². The average molecular weight is 331 g/mol. The van der Waals surface area contributed by atoms with Crippen molar-refractivity contribution in [3.8, 4) is 11.5 Å². The van der Waals surface area contributed by atoms with Gasteiger partial charge < -0.3 is 19.9 Å². The van der Waals surface area contributed by atoms with Crippen molar-refractivity contribution in [3.05, 3.63) is 41.9 Å². The van der Waals surface area contributed by atoms with Crippen LogP contribution in [0.3, 0.4) is 0 Å². The van der Waals surface area contributed by atoms with Gasteiger partial charge in [-0.05, 0) is 17.7 Å². The molecule has 1 aromatic heterocycles. The van der Waals surface area contributed by atoms with E-state index in [0.717, 1.165) is 5.56 Å². The first-order valence-electron chi connectivity index (χ1n) is 7.39. The number of aromatic carboxylic acids is 1. The SMILES string of the molecule is COc1ccc(C(C)(C)CNc2cnc(C(=O)O)cn2)cc1OC. The molecule has 2 N–H and O–H groups in total. The third kappa shape index (κ3) is 3.92. The Kier molecular flexibility index (Phi) is 5.23. The molecule has 0 unspecified atom stereocenters. The van der Waals surface area contributed by atoms with Crippen LogP contribution < -0.4 is 14.8 Å². The second kappa shape index (κ2) is 7.16. The summed E-state index contributed by atoms with van der Waals surface area (Å²) in [5, 5.41) is 12.0. The topological polar surface area (TPSA) is 93.6 Å². The number of carboxylic acid groups (broad SMARTS) is 1. The maximum Gasteiger partial charge on any atom is 0.356 e. The molecular formula is C17H21N3O4. The first-order valence-corrected chi connectivity index (χ1v) is 7.39. The van der Waals surface area contributed by atoms with Crippen LogP contribution in [0.4, 0.5) is 5.82 Å². The Morgan fingerprint density at radius 1 is 1.17 bits per heavy atom. The fraction of sp³-hybridized carbons (Fsp3) is 0.353. The van der Waals surface area contributed by atoms with Crippen LogP contribution in [0.2, 0.25) is 0 Å². The molecule has 1 aromatic carbocycles. The lowest BCUT2D eigenvalue weighted by Gasteiger charge is -2.26. The third-order valence-corrected chi connectivity index (χ3v) is 3.75. The number of anilines is 1. The summed E-state index contributed by atoms with van der Waals surface area (Å²) >= 11 is 0. The van der Waals surface area contributed by atoms with Crippen molar-refractivity contribution in [2.45, 2.75) is 19.3 Å². The standard InChI is InChI=1S/C17H21N3O4/c1-17(2,11-5-6-13(23-3)14(7-11)24-4)10-20-15-9-18-12(8-19-15)16(21)22/h5-9H,10H2,1-4H3,(H,19,20)(H,21,22). The second-order valence-electron chi connectivity index (χ2n) is 5.90. The first-order chi connectivity index (χ1) is 11.4. The zero-order valence-corrected chi connectivity index (χ0v) is 14.2. The molecule has 0 saturated heterocycles. The van der Waals surface area contributed by atoms with Crippen molar-refractivity contribution in [2.24, 2.45) is 0 Å². The Balaban J connectivity index is 2.11. The molecule has 1 heterocycles. The molecule has 7 nitrogen and oxygen atoms in total. The van der Waals surface area contributed by atoms with E-state index in [4.69, 9.17) is 14.6 Å². The molecule has 0 aliphatic rings.